The minimum atomic E-state index is 0.0736. The van der Waals surface area contributed by atoms with Crippen LogP contribution in [0.5, 0.6) is 0 Å². The van der Waals surface area contributed by atoms with Gasteiger partial charge in [-0.2, -0.15) is 0 Å². The van der Waals surface area contributed by atoms with Crippen LogP contribution in [0.3, 0.4) is 0 Å². The maximum Gasteiger partial charge on any atom is 0.0541 e. The third-order valence-electron chi connectivity index (χ3n) is 11.4. The monoisotopic (exact) mass is 679 g/mol. The van der Waals surface area contributed by atoms with Crippen molar-refractivity contribution in [2.45, 2.75) is 40.0 Å². The Hall–Kier alpha value is -6.18. The van der Waals surface area contributed by atoms with Crippen molar-refractivity contribution < 1.29 is 0 Å². The Morgan fingerprint density at radius 1 is 0.396 bits per heavy atom. The van der Waals surface area contributed by atoms with E-state index >= 15 is 0 Å². The van der Waals surface area contributed by atoms with E-state index in [1.807, 2.05) is 0 Å². The fourth-order valence-corrected chi connectivity index (χ4v) is 8.53. The van der Waals surface area contributed by atoms with E-state index in [4.69, 9.17) is 0 Å². The number of rotatable bonds is 4. The van der Waals surface area contributed by atoms with Crippen molar-refractivity contribution in [3.8, 4) is 39.1 Å². The lowest BCUT2D eigenvalue weighted by molar-refractivity contribution is 0.591. The van der Waals surface area contributed by atoms with Crippen molar-refractivity contribution in [2.24, 2.45) is 0 Å². The molecule has 0 N–H and O–H groups in total. The Morgan fingerprint density at radius 2 is 0.925 bits per heavy atom. The first-order valence-corrected chi connectivity index (χ1v) is 18.8. The predicted molar refractivity (Wildman–Crippen MR) is 229 cm³/mol. The highest BCUT2D eigenvalue weighted by Crippen LogP contribution is 2.45. The predicted octanol–water partition coefficient (Wildman–Crippen LogP) is 14.6. The minimum absolute atomic E-state index is 0.0736. The highest BCUT2D eigenvalue weighted by atomic mass is 15.0. The van der Waals surface area contributed by atoms with Crippen molar-refractivity contribution in [3.63, 3.8) is 0 Å². The van der Waals surface area contributed by atoms with Crippen LogP contribution in [0.4, 0.5) is 0 Å². The van der Waals surface area contributed by atoms with Crippen molar-refractivity contribution >= 4 is 54.1 Å². The normalized spacial score (nSPS) is 12.2. The first kappa shape index (κ1) is 31.5. The standard InChI is InChI=1S/C52H41N/c1-32-10-14-34(15-11-32)37-22-27-49-47(30-37)42-8-6-7-9-48(42)53(49)41-23-18-36(19-24-41)46-31-45(35-16-12-33(2)13-17-35)43-25-20-38-28-40(52(3,4)5)29-39-21-26-44(46)51(43)50(38)39/h6-31H,1-5H3. The molecule has 1 nitrogen and oxygen atoms in total. The van der Waals surface area contributed by atoms with Crippen molar-refractivity contribution in [2.75, 3.05) is 0 Å². The van der Waals surface area contributed by atoms with Gasteiger partial charge < -0.3 is 4.57 Å². The van der Waals surface area contributed by atoms with Gasteiger partial charge in [0.1, 0.15) is 0 Å². The summed E-state index contributed by atoms with van der Waals surface area (Å²) in [5.41, 5.74) is 15.1. The van der Waals surface area contributed by atoms with Crippen LogP contribution in [0.2, 0.25) is 0 Å². The summed E-state index contributed by atoms with van der Waals surface area (Å²) in [6.07, 6.45) is 0. The van der Waals surface area contributed by atoms with Crippen LogP contribution in [-0.4, -0.2) is 4.57 Å². The summed E-state index contributed by atoms with van der Waals surface area (Å²) in [7, 11) is 0. The average molecular weight is 680 g/mol. The molecule has 1 heteroatoms. The fraction of sp³-hybridized carbons (Fsp3) is 0.115. The summed E-state index contributed by atoms with van der Waals surface area (Å²) < 4.78 is 2.42. The molecule has 0 radical (unpaired) electrons. The van der Waals surface area contributed by atoms with Gasteiger partial charge in [0.25, 0.3) is 0 Å². The summed E-state index contributed by atoms with van der Waals surface area (Å²) in [6, 6.07) is 59.4. The zero-order chi connectivity index (χ0) is 36.0. The molecule has 0 unspecified atom stereocenters. The zero-order valence-electron chi connectivity index (χ0n) is 31.0. The second-order valence-corrected chi connectivity index (χ2v) is 16.0. The van der Waals surface area contributed by atoms with Crippen LogP contribution in [0.25, 0.3) is 93.2 Å². The van der Waals surface area contributed by atoms with Crippen LogP contribution in [0, 0.1) is 13.8 Å². The number of fused-ring (bicyclic) bond motifs is 3. The smallest absolute Gasteiger partial charge is 0.0541 e. The molecule has 10 aromatic rings. The van der Waals surface area contributed by atoms with Gasteiger partial charge in [-0.1, -0.05) is 153 Å². The number of para-hydroxylation sites is 1. The van der Waals surface area contributed by atoms with E-state index in [2.05, 4.69) is 197 Å². The maximum absolute atomic E-state index is 2.43. The molecule has 1 heterocycles. The summed E-state index contributed by atoms with van der Waals surface area (Å²) in [4.78, 5) is 0. The molecular weight excluding hydrogens is 639 g/mol. The molecule has 1 aromatic heterocycles. The SMILES string of the molecule is Cc1ccc(-c2ccc3c(c2)c2ccccc2n3-c2ccc(-c3cc(-c4ccc(C)cc4)c4ccc5cc(C(C)(C)C)cc6ccc3c4c56)cc2)cc1. The lowest BCUT2D eigenvalue weighted by atomic mass is 9.81. The Balaban J connectivity index is 1.17. The molecule has 0 aliphatic rings. The van der Waals surface area contributed by atoms with Gasteiger partial charge in [-0.25, -0.2) is 0 Å². The number of benzene rings is 9. The second-order valence-electron chi connectivity index (χ2n) is 16.0. The van der Waals surface area contributed by atoms with Crippen LogP contribution >= 0.6 is 0 Å². The Labute approximate surface area is 311 Å². The molecule has 0 saturated carbocycles. The maximum atomic E-state index is 2.43. The molecule has 0 fully saturated rings. The van der Waals surface area contributed by atoms with Crippen molar-refractivity contribution in [1.29, 1.82) is 0 Å². The first-order valence-electron chi connectivity index (χ1n) is 18.8. The van der Waals surface area contributed by atoms with Gasteiger partial charge in [0.15, 0.2) is 0 Å². The topological polar surface area (TPSA) is 4.93 Å². The molecule has 0 aliphatic heterocycles. The fourth-order valence-electron chi connectivity index (χ4n) is 8.53. The van der Waals surface area contributed by atoms with Crippen molar-refractivity contribution in [1.82, 2.24) is 4.57 Å². The van der Waals surface area contributed by atoms with E-state index < -0.39 is 0 Å². The van der Waals surface area contributed by atoms with Gasteiger partial charge in [0, 0.05) is 16.5 Å². The first-order chi connectivity index (χ1) is 25.7. The number of aryl methyl sites for hydroxylation is 2. The number of hydrogen-bond acceptors (Lipinski definition) is 0. The second kappa shape index (κ2) is 11.7. The van der Waals surface area contributed by atoms with E-state index in [9.17, 15) is 0 Å². The van der Waals surface area contributed by atoms with Gasteiger partial charge in [-0.3, -0.25) is 0 Å². The van der Waals surface area contributed by atoms with E-state index in [1.54, 1.807) is 0 Å². The van der Waals surface area contributed by atoms with Gasteiger partial charge in [0.2, 0.25) is 0 Å². The summed E-state index contributed by atoms with van der Waals surface area (Å²) in [5, 5.41) is 10.5. The van der Waals surface area contributed by atoms with Gasteiger partial charge in [0.05, 0.1) is 11.0 Å². The average Bonchev–Trinajstić information content (AvgIpc) is 3.50. The van der Waals surface area contributed by atoms with Gasteiger partial charge >= 0.3 is 0 Å². The molecular formula is C52H41N. The summed E-state index contributed by atoms with van der Waals surface area (Å²) >= 11 is 0. The molecule has 0 amide bonds. The lowest BCUT2D eigenvalue weighted by Gasteiger charge is -2.23. The molecule has 10 rings (SSSR count). The molecule has 0 bridgehead atoms. The van der Waals surface area contributed by atoms with Gasteiger partial charge in [-0.05, 0) is 127 Å². The van der Waals surface area contributed by atoms with E-state index in [0.717, 1.165) is 5.69 Å². The van der Waals surface area contributed by atoms with Crippen LogP contribution in [0.1, 0.15) is 37.5 Å². The molecule has 9 aromatic carbocycles. The summed E-state index contributed by atoms with van der Waals surface area (Å²) in [5.74, 6) is 0. The van der Waals surface area contributed by atoms with Crippen LogP contribution in [-0.2, 0) is 5.41 Å². The third kappa shape index (κ3) is 5.06. The Bertz CT molecular complexity index is 2990. The van der Waals surface area contributed by atoms with Gasteiger partial charge in [-0.15, -0.1) is 0 Å². The number of aromatic nitrogens is 1. The summed E-state index contributed by atoms with van der Waals surface area (Å²) in [6.45, 7) is 11.2. The number of hydrogen-bond donors (Lipinski definition) is 0. The van der Waals surface area contributed by atoms with Crippen LogP contribution < -0.4 is 0 Å². The number of nitrogens with zero attached hydrogens (tertiary/aromatic N) is 1. The Morgan fingerprint density at radius 3 is 1.53 bits per heavy atom. The van der Waals surface area contributed by atoms with E-state index in [1.165, 1.54) is 104 Å². The third-order valence-corrected chi connectivity index (χ3v) is 11.4. The largest absolute Gasteiger partial charge is 0.309 e. The minimum Gasteiger partial charge on any atom is -0.309 e. The van der Waals surface area contributed by atoms with Crippen LogP contribution in [0.15, 0.2) is 158 Å². The molecule has 0 spiro atoms. The molecule has 0 saturated heterocycles. The highest BCUT2D eigenvalue weighted by Gasteiger charge is 2.21. The quantitative estimate of drug-likeness (QED) is 0.163. The Kier molecular flexibility index (Phi) is 6.94. The molecule has 53 heavy (non-hydrogen) atoms. The lowest BCUT2D eigenvalue weighted by Crippen LogP contribution is -2.10. The van der Waals surface area contributed by atoms with E-state index in [-0.39, 0.29) is 5.41 Å². The highest BCUT2D eigenvalue weighted by molar-refractivity contribution is 6.28. The van der Waals surface area contributed by atoms with E-state index in [0.29, 0.717) is 0 Å². The molecule has 0 atom stereocenters. The molecule has 254 valence electrons. The zero-order valence-corrected chi connectivity index (χ0v) is 31.0. The van der Waals surface area contributed by atoms with Crippen molar-refractivity contribution in [3.05, 3.63) is 174 Å². The molecule has 0 aliphatic carbocycles.